The number of aliphatic imine (C=N–C) groups is 2. The monoisotopic (exact) mass is 401 g/mol. The highest BCUT2D eigenvalue weighted by molar-refractivity contribution is 8.14. The summed E-state index contributed by atoms with van der Waals surface area (Å²) in [5.74, 6) is 1.36. The first-order chi connectivity index (χ1) is 13.0. The minimum Gasteiger partial charge on any atom is -0.378 e. The lowest BCUT2D eigenvalue weighted by Gasteiger charge is -2.03. The molecule has 6 nitrogen and oxygen atoms in total. The van der Waals surface area contributed by atoms with E-state index < -0.39 is 0 Å². The summed E-state index contributed by atoms with van der Waals surface area (Å²) in [6, 6.07) is 16.9. The molecule has 0 aliphatic heterocycles. The van der Waals surface area contributed by atoms with Crippen molar-refractivity contribution in [1.29, 1.82) is 0 Å². The van der Waals surface area contributed by atoms with E-state index >= 15 is 0 Å². The van der Waals surface area contributed by atoms with Crippen LogP contribution in [0.25, 0.3) is 0 Å². The maximum atomic E-state index is 10.9. The van der Waals surface area contributed by atoms with Crippen molar-refractivity contribution in [2.75, 3.05) is 11.5 Å². The number of nitrogens with zero attached hydrogens (tertiary/aromatic N) is 2. The zero-order valence-electron chi connectivity index (χ0n) is 14.9. The highest BCUT2D eigenvalue weighted by atomic mass is 32.2. The molecule has 0 bridgehead atoms. The molecule has 0 saturated heterocycles. The van der Waals surface area contributed by atoms with Crippen LogP contribution in [0.2, 0.25) is 0 Å². The molecule has 0 fully saturated rings. The summed E-state index contributed by atoms with van der Waals surface area (Å²) in [6.07, 6.45) is 1.16. The molecule has 0 atom stereocenters. The Morgan fingerprint density at radius 3 is 1.81 bits per heavy atom. The van der Waals surface area contributed by atoms with Gasteiger partial charge in [0.2, 0.25) is 5.91 Å². The average molecular weight is 402 g/mol. The number of amides is 1. The number of para-hydroxylation sites is 1. The second kappa shape index (κ2) is 11.3. The van der Waals surface area contributed by atoms with E-state index in [2.05, 4.69) is 9.98 Å². The van der Waals surface area contributed by atoms with Crippen LogP contribution < -0.4 is 17.2 Å². The van der Waals surface area contributed by atoms with Crippen molar-refractivity contribution in [3.8, 4) is 0 Å². The zero-order chi connectivity index (χ0) is 19.5. The lowest BCUT2D eigenvalue weighted by atomic mass is 10.1. The lowest BCUT2D eigenvalue weighted by molar-refractivity contribution is -0.117. The highest BCUT2D eigenvalue weighted by Crippen LogP contribution is 2.17. The predicted molar refractivity (Wildman–Crippen MR) is 118 cm³/mol. The van der Waals surface area contributed by atoms with Crippen molar-refractivity contribution in [3.05, 3.63) is 60.2 Å². The van der Waals surface area contributed by atoms with Crippen LogP contribution in [0.3, 0.4) is 0 Å². The number of rotatable bonds is 8. The molecule has 0 aliphatic carbocycles. The summed E-state index contributed by atoms with van der Waals surface area (Å²) < 4.78 is 0. The molecule has 0 unspecified atom stereocenters. The SMILES string of the molecule is NC(=O)Cc1ccc(N=C(N)SCCCSC(N)=Nc2ccccc2)cc1. The Morgan fingerprint density at radius 1 is 0.778 bits per heavy atom. The second-order valence-electron chi connectivity index (χ2n) is 5.60. The summed E-state index contributed by atoms with van der Waals surface area (Å²) in [7, 11) is 0. The third-order valence-electron chi connectivity index (χ3n) is 3.34. The molecule has 0 spiro atoms. The van der Waals surface area contributed by atoms with Gasteiger partial charge in [0.05, 0.1) is 17.8 Å². The van der Waals surface area contributed by atoms with E-state index in [0.29, 0.717) is 10.3 Å². The molecule has 2 rings (SSSR count). The predicted octanol–water partition coefficient (Wildman–Crippen LogP) is 3.16. The Kier molecular flexibility index (Phi) is 8.73. The van der Waals surface area contributed by atoms with E-state index in [1.165, 1.54) is 23.5 Å². The number of primary amides is 1. The van der Waals surface area contributed by atoms with Crippen molar-refractivity contribution in [2.45, 2.75) is 12.8 Å². The summed E-state index contributed by atoms with van der Waals surface area (Å²) >= 11 is 3.03. The molecule has 8 heteroatoms. The fourth-order valence-electron chi connectivity index (χ4n) is 2.12. The number of nitrogens with two attached hydrogens (primary N) is 3. The fourth-order valence-corrected chi connectivity index (χ4v) is 3.64. The topological polar surface area (TPSA) is 120 Å². The second-order valence-corrected chi connectivity index (χ2v) is 7.83. The first-order valence-electron chi connectivity index (χ1n) is 8.39. The number of carbonyl (C=O) groups excluding carboxylic acids is 1. The average Bonchev–Trinajstić information content (AvgIpc) is 2.63. The van der Waals surface area contributed by atoms with Gasteiger partial charge in [-0.1, -0.05) is 53.9 Å². The zero-order valence-corrected chi connectivity index (χ0v) is 16.5. The Balaban J connectivity index is 1.69. The molecule has 0 aliphatic rings. The maximum absolute atomic E-state index is 10.9. The number of hydrogen-bond donors (Lipinski definition) is 3. The van der Waals surface area contributed by atoms with Gasteiger partial charge in [0.25, 0.3) is 0 Å². The molecule has 0 aromatic heterocycles. The molecular formula is C19H23N5OS2. The molecule has 1 amide bonds. The van der Waals surface area contributed by atoms with Gasteiger partial charge in [0, 0.05) is 11.5 Å². The smallest absolute Gasteiger partial charge is 0.221 e. The number of hydrogen-bond acceptors (Lipinski definition) is 5. The third-order valence-corrected chi connectivity index (χ3v) is 5.10. The molecule has 6 N–H and O–H groups in total. The Bertz CT molecular complexity index is 792. The van der Waals surface area contributed by atoms with Crippen LogP contribution in [0, 0.1) is 0 Å². The normalized spacial score (nSPS) is 12.1. The first-order valence-corrected chi connectivity index (χ1v) is 10.4. The van der Waals surface area contributed by atoms with E-state index in [1.807, 2.05) is 54.6 Å². The van der Waals surface area contributed by atoms with E-state index in [4.69, 9.17) is 17.2 Å². The Labute approximate surface area is 167 Å². The minimum atomic E-state index is -0.353. The molecule has 2 aromatic carbocycles. The molecule has 0 radical (unpaired) electrons. The van der Waals surface area contributed by atoms with Crippen LogP contribution in [-0.2, 0) is 11.2 Å². The molecule has 0 heterocycles. The molecule has 0 saturated carbocycles. The van der Waals surface area contributed by atoms with E-state index in [-0.39, 0.29) is 12.3 Å². The summed E-state index contributed by atoms with van der Waals surface area (Å²) in [6.45, 7) is 0. The number of carbonyl (C=O) groups is 1. The molecule has 2 aromatic rings. The largest absolute Gasteiger partial charge is 0.378 e. The van der Waals surface area contributed by atoms with Gasteiger partial charge in [-0.15, -0.1) is 0 Å². The van der Waals surface area contributed by atoms with Crippen LogP contribution >= 0.6 is 23.5 Å². The lowest BCUT2D eigenvalue weighted by Crippen LogP contribution is -2.13. The van der Waals surface area contributed by atoms with Gasteiger partial charge in [0.1, 0.15) is 0 Å². The van der Waals surface area contributed by atoms with Gasteiger partial charge in [0.15, 0.2) is 10.3 Å². The van der Waals surface area contributed by atoms with E-state index in [9.17, 15) is 4.79 Å². The summed E-state index contributed by atoms with van der Waals surface area (Å²) in [4.78, 5) is 19.6. The molecular weight excluding hydrogens is 378 g/mol. The minimum absolute atomic E-state index is 0.225. The number of benzene rings is 2. The van der Waals surface area contributed by atoms with Gasteiger partial charge < -0.3 is 17.2 Å². The summed E-state index contributed by atoms with van der Waals surface area (Å²) in [5, 5.41) is 1.07. The standard InChI is InChI=1S/C19H23N5OS2/c20-17(25)13-14-7-9-16(10-8-14)24-19(22)27-12-4-11-26-18(21)23-15-5-2-1-3-6-15/h1-3,5-10H,4,11-13H2,(H2,20,25)(H2,21,23)(H2,22,24). The van der Waals surface area contributed by atoms with Gasteiger partial charge in [-0.05, 0) is 36.2 Å². The molecule has 27 heavy (non-hydrogen) atoms. The Morgan fingerprint density at radius 2 is 1.30 bits per heavy atom. The van der Waals surface area contributed by atoms with E-state index in [0.717, 1.165) is 34.9 Å². The van der Waals surface area contributed by atoms with Crippen LogP contribution in [0.1, 0.15) is 12.0 Å². The molecule has 142 valence electrons. The van der Waals surface area contributed by atoms with E-state index in [1.54, 1.807) is 0 Å². The van der Waals surface area contributed by atoms with Crippen molar-refractivity contribution in [1.82, 2.24) is 0 Å². The van der Waals surface area contributed by atoms with Crippen LogP contribution in [0.5, 0.6) is 0 Å². The van der Waals surface area contributed by atoms with Crippen molar-refractivity contribution in [2.24, 2.45) is 27.2 Å². The van der Waals surface area contributed by atoms with Gasteiger partial charge in [-0.3, -0.25) is 4.79 Å². The van der Waals surface area contributed by atoms with Gasteiger partial charge >= 0.3 is 0 Å². The van der Waals surface area contributed by atoms with Crippen molar-refractivity contribution < 1.29 is 4.79 Å². The highest BCUT2D eigenvalue weighted by Gasteiger charge is 2.01. The van der Waals surface area contributed by atoms with Crippen molar-refractivity contribution >= 4 is 51.1 Å². The van der Waals surface area contributed by atoms with Crippen molar-refractivity contribution in [3.63, 3.8) is 0 Å². The quantitative estimate of drug-likeness (QED) is 0.356. The van der Waals surface area contributed by atoms with Gasteiger partial charge in [-0.2, -0.15) is 0 Å². The maximum Gasteiger partial charge on any atom is 0.221 e. The van der Waals surface area contributed by atoms with Crippen LogP contribution in [0.15, 0.2) is 64.6 Å². The fraction of sp³-hybridized carbons (Fsp3) is 0.211. The van der Waals surface area contributed by atoms with Crippen LogP contribution in [0.4, 0.5) is 11.4 Å². The van der Waals surface area contributed by atoms with Crippen LogP contribution in [-0.4, -0.2) is 27.7 Å². The number of amidine groups is 2. The number of thioether (sulfide) groups is 2. The first kappa shape index (κ1) is 20.9. The van der Waals surface area contributed by atoms with Gasteiger partial charge in [-0.25, -0.2) is 9.98 Å². The third kappa shape index (κ3) is 8.65. The summed E-state index contributed by atoms with van der Waals surface area (Å²) in [5.41, 5.74) is 19.5. The Hall–Kier alpha value is -2.45.